The summed E-state index contributed by atoms with van der Waals surface area (Å²) in [5.74, 6) is -1.24. The van der Waals surface area contributed by atoms with Crippen LogP contribution in [0.5, 0.6) is 0 Å². The molecule has 20 heavy (non-hydrogen) atoms. The van der Waals surface area contributed by atoms with E-state index in [-0.39, 0.29) is 16.1 Å². The minimum absolute atomic E-state index is 0.203. The molecule has 0 aliphatic rings. The van der Waals surface area contributed by atoms with E-state index in [2.05, 4.69) is 4.98 Å². The Kier molecular flexibility index (Phi) is 3.80. The Morgan fingerprint density at radius 3 is 2.65 bits per heavy atom. The first kappa shape index (κ1) is 14.5. The summed E-state index contributed by atoms with van der Waals surface area (Å²) in [6.07, 6.45) is -3.93. The molecule has 1 aromatic heterocycles. The molecule has 0 bridgehead atoms. The van der Waals surface area contributed by atoms with Crippen LogP contribution in [-0.4, -0.2) is 16.1 Å². The molecule has 0 saturated heterocycles. The first-order valence-electron chi connectivity index (χ1n) is 5.73. The highest BCUT2D eigenvalue weighted by atomic mass is 32.1. The molecule has 1 N–H and O–H groups in total. The number of aryl methyl sites for hydroxylation is 1. The standard InChI is InChI=1S/C13H10F3NO2S/c1-2-9-17-10(12(18)19)11(20-9)7-4-3-5-8(6-7)13(14,15)16/h3-6H,2H2,1H3,(H,18,19). The van der Waals surface area contributed by atoms with Crippen molar-refractivity contribution >= 4 is 17.3 Å². The van der Waals surface area contributed by atoms with Gasteiger partial charge in [0, 0.05) is 0 Å². The summed E-state index contributed by atoms with van der Waals surface area (Å²) in [7, 11) is 0. The third-order valence-corrected chi connectivity index (χ3v) is 3.88. The van der Waals surface area contributed by atoms with Gasteiger partial charge in [-0.05, 0) is 24.1 Å². The second-order valence-electron chi connectivity index (χ2n) is 4.02. The van der Waals surface area contributed by atoms with Crippen LogP contribution in [0.3, 0.4) is 0 Å². The number of alkyl halides is 3. The van der Waals surface area contributed by atoms with Crippen LogP contribution in [0.4, 0.5) is 13.2 Å². The number of carboxylic acids is 1. The first-order valence-corrected chi connectivity index (χ1v) is 6.55. The highest BCUT2D eigenvalue weighted by Crippen LogP contribution is 2.35. The fourth-order valence-corrected chi connectivity index (χ4v) is 2.68. The summed E-state index contributed by atoms with van der Waals surface area (Å²) < 4.78 is 38.1. The van der Waals surface area contributed by atoms with Crippen LogP contribution in [-0.2, 0) is 12.6 Å². The van der Waals surface area contributed by atoms with Gasteiger partial charge in [0.15, 0.2) is 5.69 Å². The fraction of sp³-hybridized carbons (Fsp3) is 0.231. The van der Waals surface area contributed by atoms with Gasteiger partial charge >= 0.3 is 12.1 Å². The molecular weight excluding hydrogens is 291 g/mol. The van der Waals surface area contributed by atoms with E-state index in [4.69, 9.17) is 5.11 Å². The fourth-order valence-electron chi connectivity index (χ4n) is 1.69. The molecular formula is C13H10F3NO2S. The number of halogens is 3. The van der Waals surface area contributed by atoms with E-state index in [0.717, 1.165) is 23.5 Å². The summed E-state index contributed by atoms with van der Waals surface area (Å²) in [6, 6.07) is 4.61. The largest absolute Gasteiger partial charge is 0.476 e. The van der Waals surface area contributed by atoms with Crippen molar-refractivity contribution in [2.24, 2.45) is 0 Å². The molecule has 7 heteroatoms. The van der Waals surface area contributed by atoms with E-state index >= 15 is 0 Å². The SMILES string of the molecule is CCc1nc(C(=O)O)c(-c2cccc(C(F)(F)F)c2)s1. The highest BCUT2D eigenvalue weighted by Gasteiger charge is 2.31. The number of hydrogen-bond acceptors (Lipinski definition) is 3. The van der Waals surface area contributed by atoms with Crippen molar-refractivity contribution in [1.29, 1.82) is 0 Å². The molecule has 0 aliphatic carbocycles. The lowest BCUT2D eigenvalue weighted by atomic mass is 10.1. The average Bonchev–Trinajstić information content (AvgIpc) is 2.82. The van der Waals surface area contributed by atoms with Gasteiger partial charge in [-0.25, -0.2) is 9.78 Å². The third-order valence-electron chi connectivity index (χ3n) is 2.63. The quantitative estimate of drug-likeness (QED) is 0.929. The molecule has 2 rings (SSSR count). The molecule has 106 valence electrons. The Hall–Kier alpha value is -1.89. The van der Waals surface area contributed by atoms with Crippen LogP contribution >= 0.6 is 11.3 Å². The maximum atomic E-state index is 12.7. The molecule has 2 aromatic rings. The van der Waals surface area contributed by atoms with E-state index in [1.165, 1.54) is 12.1 Å². The number of carbonyl (C=O) groups is 1. The predicted octanol–water partition coefficient (Wildman–Crippen LogP) is 4.09. The minimum Gasteiger partial charge on any atom is -0.476 e. The maximum Gasteiger partial charge on any atom is 0.416 e. The molecule has 0 fully saturated rings. The van der Waals surface area contributed by atoms with E-state index in [1.807, 2.05) is 0 Å². The number of hydrogen-bond donors (Lipinski definition) is 1. The van der Waals surface area contributed by atoms with Crippen molar-refractivity contribution in [2.75, 3.05) is 0 Å². The molecule has 0 spiro atoms. The highest BCUT2D eigenvalue weighted by molar-refractivity contribution is 7.15. The van der Waals surface area contributed by atoms with E-state index in [9.17, 15) is 18.0 Å². The monoisotopic (exact) mass is 301 g/mol. The van der Waals surface area contributed by atoms with Crippen molar-refractivity contribution in [3.8, 4) is 10.4 Å². The normalized spacial score (nSPS) is 11.6. The van der Waals surface area contributed by atoms with Gasteiger partial charge in [0.2, 0.25) is 0 Å². The predicted molar refractivity (Wildman–Crippen MR) is 68.9 cm³/mol. The summed E-state index contributed by atoms with van der Waals surface area (Å²) in [6.45, 7) is 1.81. The van der Waals surface area contributed by atoms with Crippen LogP contribution in [0, 0.1) is 0 Å². The second kappa shape index (κ2) is 5.24. The van der Waals surface area contributed by atoms with Gasteiger partial charge in [-0.1, -0.05) is 19.1 Å². The summed E-state index contributed by atoms with van der Waals surface area (Å²) in [4.78, 5) is 15.3. The van der Waals surface area contributed by atoms with E-state index in [1.54, 1.807) is 6.92 Å². The molecule has 1 heterocycles. The number of aromatic carboxylic acids is 1. The van der Waals surface area contributed by atoms with Gasteiger partial charge in [-0.3, -0.25) is 0 Å². The molecule has 0 radical (unpaired) electrons. The zero-order chi connectivity index (χ0) is 14.9. The molecule has 0 unspecified atom stereocenters. The van der Waals surface area contributed by atoms with Crippen molar-refractivity contribution in [3.05, 3.63) is 40.5 Å². The van der Waals surface area contributed by atoms with Crippen molar-refractivity contribution in [2.45, 2.75) is 19.5 Å². The molecule has 3 nitrogen and oxygen atoms in total. The first-order chi connectivity index (χ1) is 9.32. The Morgan fingerprint density at radius 1 is 1.40 bits per heavy atom. The van der Waals surface area contributed by atoms with Crippen LogP contribution < -0.4 is 0 Å². The Bertz CT molecular complexity index is 649. The summed E-state index contributed by atoms with van der Waals surface area (Å²) in [5, 5.41) is 9.67. The third kappa shape index (κ3) is 2.82. The van der Waals surface area contributed by atoms with Crippen molar-refractivity contribution < 1.29 is 23.1 Å². The number of thiazole rings is 1. The lowest BCUT2D eigenvalue weighted by molar-refractivity contribution is -0.137. The van der Waals surface area contributed by atoms with Gasteiger partial charge in [0.25, 0.3) is 0 Å². The number of benzene rings is 1. The Morgan fingerprint density at radius 2 is 2.10 bits per heavy atom. The summed E-state index contributed by atoms with van der Waals surface area (Å²) >= 11 is 1.10. The lowest BCUT2D eigenvalue weighted by Gasteiger charge is -2.07. The molecule has 0 aliphatic heterocycles. The van der Waals surface area contributed by atoms with E-state index in [0.29, 0.717) is 11.4 Å². The van der Waals surface area contributed by atoms with Crippen LogP contribution in [0.2, 0.25) is 0 Å². The number of carboxylic acid groups (broad SMARTS) is 1. The van der Waals surface area contributed by atoms with Gasteiger partial charge in [0.1, 0.15) is 0 Å². The lowest BCUT2D eigenvalue weighted by Crippen LogP contribution is -2.05. The molecule has 0 atom stereocenters. The average molecular weight is 301 g/mol. The number of nitrogens with zero attached hydrogens (tertiary/aromatic N) is 1. The zero-order valence-electron chi connectivity index (χ0n) is 10.4. The van der Waals surface area contributed by atoms with Gasteiger partial charge in [-0.15, -0.1) is 11.3 Å². The number of aromatic nitrogens is 1. The van der Waals surface area contributed by atoms with Gasteiger partial charge in [0.05, 0.1) is 15.4 Å². The minimum atomic E-state index is -4.46. The smallest absolute Gasteiger partial charge is 0.416 e. The summed E-state index contributed by atoms with van der Waals surface area (Å²) in [5.41, 5.74) is -0.793. The molecule has 0 amide bonds. The molecule has 0 saturated carbocycles. The second-order valence-corrected chi connectivity index (χ2v) is 5.11. The van der Waals surface area contributed by atoms with Crippen LogP contribution in [0.15, 0.2) is 24.3 Å². The van der Waals surface area contributed by atoms with Gasteiger partial charge in [-0.2, -0.15) is 13.2 Å². The zero-order valence-corrected chi connectivity index (χ0v) is 11.2. The van der Waals surface area contributed by atoms with Crippen LogP contribution in [0.1, 0.15) is 28.0 Å². The Labute approximate surface area is 116 Å². The molecule has 1 aromatic carbocycles. The maximum absolute atomic E-state index is 12.7. The topological polar surface area (TPSA) is 50.2 Å². The van der Waals surface area contributed by atoms with E-state index < -0.39 is 17.7 Å². The van der Waals surface area contributed by atoms with Crippen LogP contribution in [0.25, 0.3) is 10.4 Å². The van der Waals surface area contributed by atoms with Crippen molar-refractivity contribution in [3.63, 3.8) is 0 Å². The Balaban J connectivity index is 2.56. The number of rotatable bonds is 3. The van der Waals surface area contributed by atoms with Gasteiger partial charge < -0.3 is 5.11 Å². The van der Waals surface area contributed by atoms with Crippen molar-refractivity contribution in [1.82, 2.24) is 4.98 Å².